The third kappa shape index (κ3) is 2.39. The summed E-state index contributed by atoms with van der Waals surface area (Å²) in [6, 6.07) is 4.66. The van der Waals surface area contributed by atoms with Gasteiger partial charge < -0.3 is 10.7 Å². The first-order chi connectivity index (χ1) is 8.29. The van der Waals surface area contributed by atoms with E-state index >= 15 is 0 Å². The zero-order valence-corrected chi connectivity index (χ0v) is 11.5. The Morgan fingerprint density at radius 1 is 1.33 bits per heavy atom. The van der Waals surface area contributed by atoms with E-state index in [1.54, 1.807) is 18.2 Å². The molecular weight excluding hydrogens is 250 g/mol. The highest BCUT2D eigenvalue weighted by molar-refractivity contribution is 7.90. The van der Waals surface area contributed by atoms with E-state index < -0.39 is 9.84 Å². The van der Waals surface area contributed by atoms with Gasteiger partial charge in [-0.1, -0.05) is 13.8 Å². The number of nitrogens with one attached hydrogen (secondary N) is 1. The Morgan fingerprint density at radius 3 is 2.56 bits per heavy atom. The smallest absolute Gasteiger partial charge is 0.175 e. The van der Waals surface area contributed by atoms with Crippen molar-refractivity contribution in [2.24, 2.45) is 11.7 Å². The van der Waals surface area contributed by atoms with Gasteiger partial charge in [0.15, 0.2) is 9.84 Å². The minimum absolute atomic E-state index is 0.181. The normalized spacial score (nSPS) is 14.3. The molecular formula is C12H17N3O2S. The molecule has 5 nitrogen and oxygen atoms in total. The van der Waals surface area contributed by atoms with Gasteiger partial charge in [0.1, 0.15) is 5.82 Å². The van der Waals surface area contributed by atoms with Crippen molar-refractivity contribution in [3.05, 3.63) is 24.0 Å². The summed E-state index contributed by atoms with van der Waals surface area (Å²) in [5, 5.41) is 0. The van der Waals surface area contributed by atoms with Crippen LogP contribution in [0.2, 0.25) is 0 Å². The first-order valence-electron chi connectivity index (χ1n) is 5.74. The van der Waals surface area contributed by atoms with Gasteiger partial charge in [-0.05, 0) is 24.1 Å². The highest BCUT2D eigenvalue weighted by Crippen LogP contribution is 2.22. The summed E-state index contributed by atoms with van der Waals surface area (Å²) in [4.78, 5) is 7.75. The summed E-state index contributed by atoms with van der Waals surface area (Å²) in [7, 11) is -3.20. The molecule has 1 aromatic heterocycles. The molecule has 0 saturated carbocycles. The number of aromatic nitrogens is 2. The van der Waals surface area contributed by atoms with E-state index in [1.807, 2.05) is 13.8 Å². The number of nitrogens with two attached hydrogens (primary N) is 1. The van der Waals surface area contributed by atoms with Crippen LogP contribution in [0.25, 0.3) is 11.0 Å². The molecule has 18 heavy (non-hydrogen) atoms. The molecule has 0 bridgehead atoms. The molecule has 1 atom stereocenters. The lowest BCUT2D eigenvalue weighted by molar-refractivity contribution is 0.495. The minimum atomic E-state index is -3.20. The Morgan fingerprint density at radius 2 is 2.00 bits per heavy atom. The topological polar surface area (TPSA) is 88.8 Å². The number of hydrogen-bond acceptors (Lipinski definition) is 4. The van der Waals surface area contributed by atoms with Gasteiger partial charge in [-0.2, -0.15) is 0 Å². The average molecular weight is 267 g/mol. The number of nitrogens with zero attached hydrogens (tertiary/aromatic N) is 1. The molecule has 0 aliphatic heterocycles. The maximum atomic E-state index is 11.5. The second-order valence-corrected chi connectivity index (χ2v) is 6.86. The van der Waals surface area contributed by atoms with Gasteiger partial charge in [-0.25, -0.2) is 13.4 Å². The largest absolute Gasteiger partial charge is 0.341 e. The Balaban J connectivity index is 2.53. The molecule has 2 aromatic rings. The fourth-order valence-corrected chi connectivity index (χ4v) is 2.36. The van der Waals surface area contributed by atoms with Gasteiger partial charge in [-0.3, -0.25) is 0 Å². The van der Waals surface area contributed by atoms with Crippen molar-refractivity contribution < 1.29 is 8.42 Å². The second-order valence-electron chi connectivity index (χ2n) is 4.84. The molecule has 0 fully saturated rings. The zero-order chi connectivity index (χ0) is 13.5. The van der Waals surface area contributed by atoms with Crippen molar-refractivity contribution in [2.75, 3.05) is 6.26 Å². The third-order valence-corrected chi connectivity index (χ3v) is 4.04. The van der Waals surface area contributed by atoms with Crippen LogP contribution >= 0.6 is 0 Å². The summed E-state index contributed by atoms with van der Waals surface area (Å²) >= 11 is 0. The molecule has 0 spiro atoms. The highest BCUT2D eigenvalue weighted by atomic mass is 32.2. The molecule has 98 valence electrons. The van der Waals surface area contributed by atoms with Crippen LogP contribution in [0.4, 0.5) is 0 Å². The molecule has 0 aliphatic rings. The Bertz CT molecular complexity index is 674. The molecule has 1 unspecified atom stereocenters. The van der Waals surface area contributed by atoms with Crippen molar-refractivity contribution in [1.29, 1.82) is 0 Å². The van der Waals surface area contributed by atoms with Crippen molar-refractivity contribution in [1.82, 2.24) is 9.97 Å². The molecule has 0 amide bonds. The van der Waals surface area contributed by atoms with Gasteiger partial charge in [0.05, 0.1) is 22.0 Å². The quantitative estimate of drug-likeness (QED) is 0.884. The number of imidazole rings is 1. The van der Waals surface area contributed by atoms with Crippen LogP contribution in [0.5, 0.6) is 0 Å². The molecule has 0 saturated heterocycles. The predicted octanol–water partition coefficient (Wildman–Crippen LogP) is 1.62. The van der Waals surface area contributed by atoms with Gasteiger partial charge in [0, 0.05) is 6.26 Å². The number of aromatic amines is 1. The van der Waals surface area contributed by atoms with Crippen molar-refractivity contribution in [3.8, 4) is 0 Å². The lowest BCUT2D eigenvalue weighted by Crippen LogP contribution is -2.17. The zero-order valence-electron chi connectivity index (χ0n) is 10.6. The van der Waals surface area contributed by atoms with E-state index in [1.165, 1.54) is 6.26 Å². The van der Waals surface area contributed by atoms with Gasteiger partial charge >= 0.3 is 0 Å². The molecule has 1 heterocycles. The fourth-order valence-electron chi connectivity index (χ4n) is 1.71. The molecule has 6 heteroatoms. The number of hydrogen-bond donors (Lipinski definition) is 2. The maximum Gasteiger partial charge on any atom is 0.175 e. The van der Waals surface area contributed by atoms with Gasteiger partial charge in [-0.15, -0.1) is 0 Å². The SMILES string of the molecule is CC(C)C(N)c1nc2ccc(S(C)(=O)=O)cc2[nH]1. The van der Waals surface area contributed by atoms with Gasteiger partial charge in [0.2, 0.25) is 0 Å². The molecule has 0 aliphatic carbocycles. The first-order valence-corrected chi connectivity index (χ1v) is 7.63. The number of rotatable bonds is 3. The first kappa shape index (κ1) is 13.0. The van der Waals surface area contributed by atoms with Crippen LogP contribution in [0, 0.1) is 5.92 Å². The van der Waals surface area contributed by atoms with Crippen LogP contribution in [-0.4, -0.2) is 24.6 Å². The molecule has 1 aromatic carbocycles. The average Bonchev–Trinajstić information content (AvgIpc) is 2.68. The van der Waals surface area contributed by atoms with Gasteiger partial charge in [0.25, 0.3) is 0 Å². The molecule has 2 rings (SSSR count). The lowest BCUT2D eigenvalue weighted by atomic mass is 10.1. The Hall–Kier alpha value is -1.40. The van der Waals surface area contributed by atoms with E-state index in [2.05, 4.69) is 9.97 Å². The third-order valence-electron chi connectivity index (χ3n) is 2.93. The van der Waals surface area contributed by atoms with E-state index in [4.69, 9.17) is 5.73 Å². The number of sulfone groups is 1. The number of fused-ring (bicyclic) bond motifs is 1. The minimum Gasteiger partial charge on any atom is -0.341 e. The predicted molar refractivity (Wildman–Crippen MR) is 71.0 cm³/mol. The van der Waals surface area contributed by atoms with Crippen LogP contribution < -0.4 is 5.73 Å². The highest BCUT2D eigenvalue weighted by Gasteiger charge is 2.16. The van der Waals surface area contributed by atoms with Crippen LogP contribution in [0.1, 0.15) is 25.7 Å². The second kappa shape index (κ2) is 4.37. The fraction of sp³-hybridized carbons (Fsp3) is 0.417. The summed E-state index contributed by atoms with van der Waals surface area (Å²) in [6.07, 6.45) is 1.19. The standard InChI is InChI=1S/C12H17N3O2S/c1-7(2)11(13)12-14-9-5-4-8(18(3,16)17)6-10(9)15-12/h4-7,11H,13H2,1-3H3,(H,14,15). The van der Waals surface area contributed by atoms with Crippen molar-refractivity contribution in [3.63, 3.8) is 0 Å². The summed E-state index contributed by atoms with van der Waals surface area (Å²) in [5.41, 5.74) is 7.44. The molecule has 0 radical (unpaired) electrons. The van der Waals surface area contributed by atoms with E-state index in [-0.39, 0.29) is 16.9 Å². The van der Waals surface area contributed by atoms with Crippen LogP contribution in [-0.2, 0) is 9.84 Å². The number of benzene rings is 1. The maximum absolute atomic E-state index is 11.5. The van der Waals surface area contributed by atoms with Crippen LogP contribution in [0.3, 0.4) is 0 Å². The van der Waals surface area contributed by atoms with Crippen molar-refractivity contribution in [2.45, 2.75) is 24.8 Å². The monoisotopic (exact) mass is 267 g/mol. The van der Waals surface area contributed by atoms with E-state index in [9.17, 15) is 8.42 Å². The summed E-state index contributed by atoms with van der Waals surface area (Å²) in [5.74, 6) is 0.950. The molecule has 3 N–H and O–H groups in total. The van der Waals surface area contributed by atoms with E-state index in [0.717, 1.165) is 5.52 Å². The summed E-state index contributed by atoms with van der Waals surface area (Å²) in [6.45, 7) is 4.03. The van der Waals surface area contributed by atoms with E-state index in [0.29, 0.717) is 11.3 Å². The number of H-pyrrole nitrogens is 1. The lowest BCUT2D eigenvalue weighted by Gasteiger charge is -2.11. The van der Waals surface area contributed by atoms with Crippen molar-refractivity contribution >= 4 is 20.9 Å². The Kier molecular flexibility index (Phi) is 3.16. The Labute approximate surface area is 106 Å². The van der Waals surface area contributed by atoms with Crippen LogP contribution in [0.15, 0.2) is 23.1 Å². The summed E-state index contributed by atoms with van der Waals surface area (Å²) < 4.78 is 22.9.